The summed E-state index contributed by atoms with van der Waals surface area (Å²) in [4.78, 5) is 13.2. The van der Waals surface area contributed by atoms with Gasteiger partial charge in [0.2, 0.25) is 0 Å². The van der Waals surface area contributed by atoms with Crippen molar-refractivity contribution in [3.8, 4) is 5.75 Å². The minimum Gasteiger partial charge on any atom is -0.495 e. The van der Waals surface area contributed by atoms with Gasteiger partial charge in [-0.05, 0) is 12.1 Å². The van der Waals surface area contributed by atoms with Crippen LogP contribution in [0.25, 0.3) is 0 Å². The molecule has 0 fully saturated rings. The van der Waals surface area contributed by atoms with Gasteiger partial charge in [0.05, 0.1) is 12.8 Å². The van der Waals surface area contributed by atoms with E-state index in [1.165, 1.54) is 4.90 Å². The van der Waals surface area contributed by atoms with Gasteiger partial charge in [0, 0.05) is 19.5 Å². The molecule has 4 nitrogen and oxygen atoms in total. The fourth-order valence-electron chi connectivity index (χ4n) is 1.19. The lowest BCUT2D eigenvalue weighted by Gasteiger charge is -2.17. The van der Waals surface area contributed by atoms with Crippen LogP contribution in [0.4, 0.5) is 10.5 Å². The number of para-hydroxylation sites is 2. The fourth-order valence-corrected chi connectivity index (χ4v) is 1.44. The molecule has 0 heterocycles. The Bertz CT molecular complexity index is 358. The first-order chi connectivity index (χ1) is 7.69. The number of halogens is 1. The molecule has 5 heteroatoms. The lowest BCUT2D eigenvalue weighted by atomic mass is 10.3. The number of ether oxygens (including phenoxy) is 1. The SMILES string of the molecule is COc1ccccc1NC(=O)N(C)CCCl. The van der Waals surface area contributed by atoms with Crippen molar-refractivity contribution < 1.29 is 9.53 Å². The number of alkyl halides is 1. The Morgan fingerprint density at radius 2 is 2.19 bits per heavy atom. The van der Waals surface area contributed by atoms with E-state index in [-0.39, 0.29) is 6.03 Å². The van der Waals surface area contributed by atoms with Crippen molar-refractivity contribution in [3.63, 3.8) is 0 Å². The fraction of sp³-hybridized carbons (Fsp3) is 0.364. The summed E-state index contributed by atoms with van der Waals surface area (Å²) in [5.74, 6) is 1.05. The van der Waals surface area contributed by atoms with Gasteiger partial charge >= 0.3 is 6.03 Å². The van der Waals surface area contributed by atoms with E-state index in [4.69, 9.17) is 16.3 Å². The van der Waals surface area contributed by atoms with Crippen LogP contribution in [0.1, 0.15) is 0 Å². The number of methoxy groups -OCH3 is 1. The summed E-state index contributed by atoms with van der Waals surface area (Å²) in [6.07, 6.45) is 0. The molecular weight excluding hydrogens is 228 g/mol. The van der Waals surface area contributed by atoms with Gasteiger partial charge in [-0.3, -0.25) is 0 Å². The molecule has 2 amide bonds. The van der Waals surface area contributed by atoms with Gasteiger partial charge in [-0.15, -0.1) is 11.6 Å². The zero-order valence-electron chi connectivity index (χ0n) is 9.37. The molecule has 0 radical (unpaired) electrons. The number of hydrogen-bond donors (Lipinski definition) is 1. The van der Waals surface area contributed by atoms with Gasteiger partial charge in [0.15, 0.2) is 0 Å². The molecule has 0 unspecified atom stereocenters. The summed E-state index contributed by atoms with van der Waals surface area (Å²) in [5, 5.41) is 2.75. The van der Waals surface area contributed by atoms with Crippen LogP contribution >= 0.6 is 11.6 Å². The maximum Gasteiger partial charge on any atom is 0.321 e. The normalized spacial score (nSPS) is 9.69. The van der Waals surface area contributed by atoms with Gasteiger partial charge < -0.3 is 15.0 Å². The number of nitrogens with zero attached hydrogens (tertiary/aromatic N) is 1. The molecule has 1 aromatic rings. The summed E-state index contributed by atoms with van der Waals surface area (Å²) in [6, 6.07) is 7.05. The predicted octanol–water partition coefficient (Wildman–Crippen LogP) is 2.40. The lowest BCUT2D eigenvalue weighted by molar-refractivity contribution is 0.225. The molecule has 0 saturated carbocycles. The third-order valence-electron chi connectivity index (χ3n) is 2.12. The van der Waals surface area contributed by atoms with E-state index in [0.29, 0.717) is 23.9 Å². The third kappa shape index (κ3) is 3.31. The van der Waals surface area contributed by atoms with E-state index in [1.807, 2.05) is 12.1 Å². The highest BCUT2D eigenvalue weighted by molar-refractivity contribution is 6.18. The van der Waals surface area contributed by atoms with Gasteiger partial charge in [-0.25, -0.2) is 4.79 Å². The molecule has 0 bridgehead atoms. The molecule has 0 aliphatic heterocycles. The Morgan fingerprint density at radius 3 is 2.81 bits per heavy atom. The average Bonchev–Trinajstić information content (AvgIpc) is 2.30. The first-order valence-electron chi connectivity index (χ1n) is 4.90. The van der Waals surface area contributed by atoms with E-state index >= 15 is 0 Å². The highest BCUT2D eigenvalue weighted by Crippen LogP contribution is 2.23. The van der Waals surface area contributed by atoms with Crippen LogP contribution in [0.5, 0.6) is 5.75 Å². The second-order valence-corrected chi connectivity index (χ2v) is 3.62. The molecular formula is C11H15ClN2O2. The number of rotatable bonds is 4. The quantitative estimate of drug-likeness (QED) is 0.824. The van der Waals surface area contributed by atoms with Crippen molar-refractivity contribution in [1.29, 1.82) is 0 Å². The number of amides is 2. The van der Waals surface area contributed by atoms with Crippen LogP contribution in [-0.2, 0) is 0 Å². The Balaban J connectivity index is 2.69. The Morgan fingerprint density at radius 1 is 1.50 bits per heavy atom. The molecule has 0 aromatic heterocycles. The van der Waals surface area contributed by atoms with Crippen LogP contribution in [-0.4, -0.2) is 37.5 Å². The molecule has 16 heavy (non-hydrogen) atoms. The zero-order chi connectivity index (χ0) is 12.0. The van der Waals surface area contributed by atoms with E-state index in [2.05, 4.69) is 5.32 Å². The highest BCUT2D eigenvalue weighted by atomic mass is 35.5. The topological polar surface area (TPSA) is 41.6 Å². The third-order valence-corrected chi connectivity index (χ3v) is 2.28. The number of benzene rings is 1. The summed E-state index contributed by atoms with van der Waals surface area (Å²) in [7, 11) is 3.25. The van der Waals surface area contributed by atoms with Crippen molar-refractivity contribution >= 4 is 23.3 Å². The van der Waals surface area contributed by atoms with Crippen LogP contribution in [0.3, 0.4) is 0 Å². The van der Waals surface area contributed by atoms with E-state index in [9.17, 15) is 4.79 Å². The van der Waals surface area contributed by atoms with Crippen LogP contribution in [0.2, 0.25) is 0 Å². The zero-order valence-corrected chi connectivity index (χ0v) is 10.1. The van der Waals surface area contributed by atoms with E-state index in [0.717, 1.165) is 0 Å². The second-order valence-electron chi connectivity index (χ2n) is 3.24. The maximum absolute atomic E-state index is 11.7. The molecule has 1 N–H and O–H groups in total. The number of carbonyl (C=O) groups excluding carboxylic acids is 1. The van der Waals surface area contributed by atoms with Crippen LogP contribution < -0.4 is 10.1 Å². The first kappa shape index (κ1) is 12.6. The predicted molar refractivity (Wildman–Crippen MR) is 65.4 cm³/mol. The molecule has 1 aromatic carbocycles. The van der Waals surface area contributed by atoms with Crippen molar-refractivity contribution in [1.82, 2.24) is 4.90 Å². The summed E-state index contributed by atoms with van der Waals surface area (Å²) in [6.45, 7) is 0.503. The molecule has 0 aliphatic carbocycles. The molecule has 88 valence electrons. The highest BCUT2D eigenvalue weighted by Gasteiger charge is 2.10. The van der Waals surface area contributed by atoms with E-state index in [1.54, 1.807) is 26.3 Å². The largest absolute Gasteiger partial charge is 0.495 e. The molecule has 0 atom stereocenters. The van der Waals surface area contributed by atoms with Crippen molar-refractivity contribution in [2.45, 2.75) is 0 Å². The number of nitrogens with one attached hydrogen (secondary N) is 1. The Hall–Kier alpha value is -1.42. The van der Waals surface area contributed by atoms with Crippen LogP contribution in [0.15, 0.2) is 24.3 Å². The van der Waals surface area contributed by atoms with E-state index < -0.39 is 0 Å². The monoisotopic (exact) mass is 242 g/mol. The maximum atomic E-state index is 11.7. The number of urea groups is 1. The summed E-state index contributed by atoms with van der Waals surface area (Å²) < 4.78 is 5.13. The Kier molecular flexibility index (Phi) is 4.92. The number of carbonyl (C=O) groups is 1. The Labute approximate surface area is 100 Å². The van der Waals surface area contributed by atoms with Gasteiger partial charge in [0.25, 0.3) is 0 Å². The minimum absolute atomic E-state index is 0.204. The van der Waals surface area contributed by atoms with Crippen molar-refractivity contribution in [2.75, 3.05) is 31.9 Å². The summed E-state index contributed by atoms with van der Waals surface area (Å²) in [5.41, 5.74) is 0.649. The van der Waals surface area contributed by atoms with Gasteiger partial charge in [0.1, 0.15) is 5.75 Å². The minimum atomic E-state index is -0.204. The second kappa shape index (κ2) is 6.23. The number of hydrogen-bond acceptors (Lipinski definition) is 2. The molecule has 0 aliphatic rings. The smallest absolute Gasteiger partial charge is 0.321 e. The van der Waals surface area contributed by atoms with Crippen LogP contribution in [0, 0.1) is 0 Å². The summed E-state index contributed by atoms with van der Waals surface area (Å²) >= 11 is 5.56. The first-order valence-corrected chi connectivity index (χ1v) is 5.43. The van der Waals surface area contributed by atoms with Crippen molar-refractivity contribution in [2.24, 2.45) is 0 Å². The van der Waals surface area contributed by atoms with Crippen molar-refractivity contribution in [3.05, 3.63) is 24.3 Å². The number of anilines is 1. The standard InChI is InChI=1S/C11H15ClN2O2/c1-14(8-7-12)11(15)13-9-5-3-4-6-10(9)16-2/h3-6H,7-8H2,1-2H3,(H,13,15). The average molecular weight is 243 g/mol. The van der Waals surface area contributed by atoms with Gasteiger partial charge in [-0.2, -0.15) is 0 Å². The van der Waals surface area contributed by atoms with Gasteiger partial charge in [-0.1, -0.05) is 12.1 Å². The molecule has 0 spiro atoms. The molecule has 1 rings (SSSR count). The molecule has 0 saturated heterocycles. The lowest BCUT2D eigenvalue weighted by Crippen LogP contribution is -2.32.